The van der Waals surface area contributed by atoms with E-state index in [0.29, 0.717) is 15.9 Å². The van der Waals surface area contributed by atoms with Gasteiger partial charge in [-0.1, -0.05) is 30.1 Å². The second kappa shape index (κ2) is 3.76. The average Bonchev–Trinajstić information content (AvgIpc) is 2.85. The summed E-state index contributed by atoms with van der Waals surface area (Å²) in [4.78, 5) is 4.29. The molecule has 1 saturated carbocycles. The summed E-state index contributed by atoms with van der Waals surface area (Å²) < 4.78 is 5.78. The largest absolute Gasteiger partial charge is 0.441 e. The van der Waals surface area contributed by atoms with Crippen molar-refractivity contribution in [2.75, 3.05) is 0 Å². The van der Waals surface area contributed by atoms with E-state index in [1.807, 2.05) is 6.07 Å². The molecule has 2 nitrogen and oxygen atoms in total. The van der Waals surface area contributed by atoms with Gasteiger partial charge >= 0.3 is 0 Å². The summed E-state index contributed by atoms with van der Waals surface area (Å²) in [7, 11) is 0. The molecule has 2 aromatic rings. The highest BCUT2D eigenvalue weighted by molar-refractivity contribution is 6.36. The van der Waals surface area contributed by atoms with Gasteiger partial charge in [0.15, 0.2) is 0 Å². The highest BCUT2D eigenvalue weighted by Gasteiger charge is 2.42. The molecule has 1 aliphatic carbocycles. The molecule has 0 radical (unpaired) electrons. The number of halogens is 2. The Morgan fingerprint density at radius 1 is 1.29 bits per heavy atom. The van der Waals surface area contributed by atoms with Crippen molar-refractivity contribution in [2.24, 2.45) is 0 Å². The molecule has 1 aromatic heterocycles. The maximum absolute atomic E-state index is 6.12. The van der Waals surface area contributed by atoms with E-state index in [1.165, 1.54) is 0 Å². The minimum atomic E-state index is 0.185. The molecule has 0 saturated heterocycles. The van der Waals surface area contributed by atoms with Gasteiger partial charge in [0, 0.05) is 10.4 Å². The van der Waals surface area contributed by atoms with Crippen molar-refractivity contribution in [3.05, 3.63) is 40.2 Å². The van der Waals surface area contributed by atoms with Gasteiger partial charge in [0.05, 0.1) is 16.8 Å². The monoisotopic (exact) mass is 267 g/mol. The van der Waals surface area contributed by atoms with Gasteiger partial charge in [-0.3, -0.25) is 0 Å². The normalized spacial score (nSPS) is 17.1. The van der Waals surface area contributed by atoms with Gasteiger partial charge in [0.2, 0.25) is 5.89 Å². The highest BCUT2D eigenvalue weighted by Crippen LogP contribution is 2.48. The van der Waals surface area contributed by atoms with E-state index in [-0.39, 0.29) is 5.41 Å². The third-order valence-electron chi connectivity index (χ3n) is 3.26. The van der Waals surface area contributed by atoms with E-state index in [4.69, 9.17) is 27.6 Å². The Kier molecular flexibility index (Phi) is 2.46. The predicted octanol–water partition coefficient (Wildman–Crippen LogP) is 4.70. The maximum atomic E-state index is 6.12. The van der Waals surface area contributed by atoms with Crippen molar-refractivity contribution in [3.63, 3.8) is 0 Å². The van der Waals surface area contributed by atoms with Crippen molar-refractivity contribution in [2.45, 2.75) is 25.2 Å². The number of hydrogen-bond donors (Lipinski definition) is 0. The molecular weight excluding hydrogens is 257 g/mol. The molecule has 0 aliphatic heterocycles. The second-order valence-electron chi connectivity index (χ2n) is 4.71. The molecule has 17 heavy (non-hydrogen) atoms. The van der Waals surface area contributed by atoms with Gasteiger partial charge in [-0.05, 0) is 31.0 Å². The number of benzene rings is 1. The fraction of sp³-hybridized carbons (Fsp3) is 0.308. The molecule has 1 aromatic carbocycles. The maximum Gasteiger partial charge on any atom is 0.227 e. The number of hydrogen-bond acceptors (Lipinski definition) is 2. The zero-order valence-electron chi connectivity index (χ0n) is 9.34. The van der Waals surface area contributed by atoms with Crippen LogP contribution in [-0.4, -0.2) is 4.98 Å². The first-order valence-electron chi connectivity index (χ1n) is 5.50. The smallest absolute Gasteiger partial charge is 0.227 e. The minimum Gasteiger partial charge on any atom is -0.441 e. The molecule has 0 unspecified atom stereocenters. The fourth-order valence-corrected chi connectivity index (χ4v) is 2.26. The zero-order chi connectivity index (χ0) is 12.0. The van der Waals surface area contributed by atoms with E-state index >= 15 is 0 Å². The summed E-state index contributed by atoms with van der Waals surface area (Å²) in [5, 5.41) is 1.17. The first kappa shape index (κ1) is 11.1. The molecule has 1 fully saturated rings. The van der Waals surface area contributed by atoms with Crippen molar-refractivity contribution >= 4 is 23.2 Å². The summed E-state index contributed by atoms with van der Waals surface area (Å²) >= 11 is 12.0. The zero-order valence-corrected chi connectivity index (χ0v) is 10.8. The molecular formula is C13H11Cl2NO. The molecule has 0 amide bonds. The van der Waals surface area contributed by atoms with Crippen LogP contribution in [0.2, 0.25) is 10.0 Å². The van der Waals surface area contributed by atoms with Crippen molar-refractivity contribution in [3.8, 4) is 11.5 Å². The van der Waals surface area contributed by atoms with E-state index in [0.717, 1.165) is 24.2 Å². The van der Waals surface area contributed by atoms with Crippen LogP contribution in [0.3, 0.4) is 0 Å². The Morgan fingerprint density at radius 2 is 2.06 bits per heavy atom. The Hall–Kier alpha value is -0.990. The summed E-state index contributed by atoms with van der Waals surface area (Å²) in [6.45, 7) is 2.18. The Labute approximate surface area is 110 Å². The molecule has 1 aliphatic rings. The molecule has 0 bridgehead atoms. The average molecular weight is 268 g/mol. The van der Waals surface area contributed by atoms with Crippen LogP contribution in [0.25, 0.3) is 11.5 Å². The Morgan fingerprint density at radius 3 is 2.71 bits per heavy atom. The first-order chi connectivity index (χ1) is 8.08. The van der Waals surface area contributed by atoms with Gasteiger partial charge in [-0.2, -0.15) is 0 Å². The van der Waals surface area contributed by atoms with Crippen LogP contribution in [0.1, 0.15) is 25.5 Å². The molecule has 1 heterocycles. The van der Waals surface area contributed by atoms with Crippen molar-refractivity contribution < 1.29 is 4.42 Å². The van der Waals surface area contributed by atoms with Crippen LogP contribution in [0.5, 0.6) is 0 Å². The molecule has 3 rings (SSSR count). The van der Waals surface area contributed by atoms with Gasteiger partial charge in [-0.15, -0.1) is 0 Å². The van der Waals surface area contributed by atoms with Gasteiger partial charge in [0.25, 0.3) is 0 Å². The third kappa shape index (κ3) is 1.96. The quantitative estimate of drug-likeness (QED) is 0.789. The summed E-state index contributed by atoms with van der Waals surface area (Å²) in [5.74, 6) is 1.51. The van der Waals surface area contributed by atoms with E-state index in [2.05, 4.69) is 11.9 Å². The van der Waals surface area contributed by atoms with Gasteiger partial charge in [0.1, 0.15) is 5.76 Å². The van der Waals surface area contributed by atoms with Crippen LogP contribution < -0.4 is 0 Å². The topological polar surface area (TPSA) is 26.0 Å². The van der Waals surface area contributed by atoms with E-state index in [9.17, 15) is 0 Å². The van der Waals surface area contributed by atoms with Crippen molar-refractivity contribution in [1.82, 2.24) is 4.98 Å². The molecule has 88 valence electrons. The van der Waals surface area contributed by atoms with Crippen LogP contribution in [0.4, 0.5) is 0 Å². The standard InChI is InChI=1S/C13H11Cl2NO/c1-13(4-5-13)11-7-16-12(17-11)9-3-2-8(14)6-10(9)15/h2-3,6-7H,4-5H2,1H3. The molecule has 0 spiro atoms. The molecule has 0 atom stereocenters. The highest BCUT2D eigenvalue weighted by atomic mass is 35.5. The predicted molar refractivity (Wildman–Crippen MR) is 68.5 cm³/mol. The third-order valence-corrected chi connectivity index (χ3v) is 3.81. The number of nitrogens with zero attached hydrogens (tertiary/aromatic N) is 1. The summed E-state index contributed by atoms with van der Waals surface area (Å²) in [5.41, 5.74) is 0.969. The fourth-order valence-electron chi connectivity index (χ4n) is 1.77. The number of rotatable bonds is 2. The SMILES string of the molecule is CC1(c2cnc(-c3ccc(Cl)cc3Cl)o2)CC1. The van der Waals surface area contributed by atoms with Crippen molar-refractivity contribution in [1.29, 1.82) is 0 Å². The van der Waals surface area contributed by atoms with Crippen LogP contribution >= 0.6 is 23.2 Å². The van der Waals surface area contributed by atoms with Crippen LogP contribution in [0.15, 0.2) is 28.8 Å². The van der Waals surface area contributed by atoms with E-state index < -0.39 is 0 Å². The minimum absolute atomic E-state index is 0.185. The van der Waals surface area contributed by atoms with Gasteiger partial charge in [-0.25, -0.2) is 4.98 Å². The lowest BCUT2D eigenvalue weighted by molar-refractivity contribution is 0.474. The van der Waals surface area contributed by atoms with Gasteiger partial charge < -0.3 is 4.42 Å². The van der Waals surface area contributed by atoms with E-state index in [1.54, 1.807) is 18.3 Å². The lowest BCUT2D eigenvalue weighted by atomic mass is 10.1. The molecule has 4 heteroatoms. The van der Waals surface area contributed by atoms with Crippen LogP contribution in [-0.2, 0) is 5.41 Å². The molecule has 0 N–H and O–H groups in total. The Bertz CT molecular complexity index is 573. The first-order valence-corrected chi connectivity index (χ1v) is 6.26. The second-order valence-corrected chi connectivity index (χ2v) is 5.56. The van der Waals surface area contributed by atoms with Crippen LogP contribution in [0, 0.1) is 0 Å². The lowest BCUT2D eigenvalue weighted by Crippen LogP contribution is -1.95. The summed E-state index contributed by atoms with van der Waals surface area (Å²) in [6, 6.07) is 5.31. The number of aromatic nitrogens is 1. The number of oxazole rings is 1. The Balaban J connectivity index is 2.01. The summed E-state index contributed by atoms with van der Waals surface area (Å²) in [6.07, 6.45) is 4.12. The lowest BCUT2D eigenvalue weighted by Gasteiger charge is -2.02.